The predicted molar refractivity (Wildman–Crippen MR) is 68.2 cm³/mol. The zero-order valence-electron chi connectivity index (χ0n) is 10.9. The summed E-state index contributed by atoms with van der Waals surface area (Å²) >= 11 is 0. The molecule has 0 N–H and O–H groups in total. The minimum Gasteiger partial charge on any atom is -0.459 e. The highest BCUT2D eigenvalue weighted by molar-refractivity contribution is 5.78. The van der Waals surface area contributed by atoms with Gasteiger partial charge in [0.2, 0.25) is 5.91 Å². The molecular formula is C14H17NO4. The normalized spacial score (nSPS) is 19.0. The number of morpholine rings is 1. The molecule has 1 fully saturated rings. The average molecular weight is 263 g/mol. The van der Waals surface area contributed by atoms with E-state index in [4.69, 9.17) is 9.47 Å². The lowest BCUT2D eigenvalue weighted by Crippen LogP contribution is -2.48. The SMILES string of the molecule is CC(=O)N1CCOC(C(=O)OCc2ccccc2)C1. The maximum atomic E-state index is 11.9. The lowest BCUT2D eigenvalue weighted by molar-refractivity contribution is -0.166. The summed E-state index contributed by atoms with van der Waals surface area (Å²) in [6, 6.07) is 9.45. The van der Waals surface area contributed by atoms with E-state index in [9.17, 15) is 9.59 Å². The van der Waals surface area contributed by atoms with Gasteiger partial charge in [0, 0.05) is 13.5 Å². The number of esters is 1. The first-order chi connectivity index (χ1) is 9.16. The van der Waals surface area contributed by atoms with Crippen LogP contribution in [0.15, 0.2) is 30.3 Å². The van der Waals surface area contributed by atoms with Crippen molar-refractivity contribution in [1.29, 1.82) is 0 Å². The third-order valence-corrected chi connectivity index (χ3v) is 3.00. The molecule has 1 heterocycles. The number of carbonyl (C=O) groups is 2. The Hall–Kier alpha value is -1.88. The van der Waals surface area contributed by atoms with Crippen LogP contribution < -0.4 is 0 Å². The quantitative estimate of drug-likeness (QED) is 0.763. The summed E-state index contributed by atoms with van der Waals surface area (Å²) in [5, 5.41) is 0. The Balaban J connectivity index is 1.84. The van der Waals surface area contributed by atoms with Gasteiger partial charge in [0.15, 0.2) is 6.10 Å². The number of hydrogen-bond donors (Lipinski definition) is 0. The van der Waals surface area contributed by atoms with Crippen molar-refractivity contribution in [3.8, 4) is 0 Å². The summed E-state index contributed by atoms with van der Waals surface area (Å²) in [7, 11) is 0. The molecule has 0 radical (unpaired) electrons. The van der Waals surface area contributed by atoms with Gasteiger partial charge in [0.1, 0.15) is 6.61 Å². The molecule has 0 aliphatic carbocycles. The standard InChI is InChI=1S/C14H17NO4/c1-11(16)15-7-8-18-13(9-15)14(17)19-10-12-5-3-2-4-6-12/h2-6,13H,7-10H2,1H3. The van der Waals surface area contributed by atoms with Crippen molar-refractivity contribution >= 4 is 11.9 Å². The van der Waals surface area contributed by atoms with Gasteiger partial charge < -0.3 is 14.4 Å². The lowest BCUT2D eigenvalue weighted by atomic mass is 10.2. The molecule has 1 atom stereocenters. The molecule has 1 aromatic rings. The molecular weight excluding hydrogens is 246 g/mol. The molecule has 19 heavy (non-hydrogen) atoms. The number of carbonyl (C=O) groups excluding carboxylic acids is 2. The first kappa shape index (κ1) is 13.5. The summed E-state index contributed by atoms with van der Waals surface area (Å²) in [5.74, 6) is -0.473. The molecule has 0 bridgehead atoms. The number of ether oxygens (including phenoxy) is 2. The fourth-order valence-electron chi connectivity index (χ4n) is 1.90. The average Bonchev–Trinajstić information content (AvgIpc) is 2.46. The van der Waals surface area contributed by atoms with Crippen molar-refractivity contribution in [3.05, 3.63) is 35.9 Å². The zero-order valence-corrected chi connectivity index (χ0v) is 10.9. The maximum absolute atomic E-state index is 11.9. The van der Waals surface area contributed by atoms with E-state index in [-0.39, 0.29) is 19.1 Å². The van der Waals surface area contributed by atoms with Gasteiger partial charge in [0.25, 0.3) is 0 Å². The second-order valence-corrected chi connectivity index (χ2v) is 4.42. The molecule has 5 nitrogen and oxygen atoms in total. The van der Waals surface area contributed by atoms with Crippen LogP contribution in [0.1, 0.15) is 12.5 Å². The van der Waals surface area contributed by atoms with Crippen molar-refractivity contribution in [2.24, 2.45) is 0 Å². The first-order valence-corrected chi connectivity index (χ1v) is 6.24. The molecule has 1 amide bonds. The molecule has 0 spiro atoms. The summed E-state index contributed by atoms with van der Waals surface area (Å²) in [6.45, 7) is 2.86. The van der Waals surface area contributed by atoms with Crippen LogP contribution in [0.25, 0.3) is 0 Å². The van der Waals surface area contributed by atoms with Gasteiger partial charge in [-0.15, -0.1) is 0 Å². The van der Waals surface area contributed by atoms with E-state index in [0.29, 0.717) is 13.2 Å². The molecule has 2 rings (SSSR count). The van der Waals surface area contributed by atoms with Crippen LogP contribution in [0.4, 0.5) is 0 Å². The number of hydrogen-bond acceptors (Lipinski definition) is 4. The Morgan fingerprint density at radius 1 is 1.37 bits per heavy atom. The highest BCUT2D eigenvalue weighted by Gasteiger charge is 2.29. The van der Waals surface area contributed by atoms with Crippen molar-refractivity contribution in [2.45, 2.75) is 19.6 Å². The van der Waals surface area contributed by atoms with Crippen LogP contribution in [0.3, 0.4) is 0 Å². The van der Waals surface area contributed by atoms with E-state index in [0.717, 1.165) is 5.56 Å². The van der Waals surface area contributed by atoms with Crippen LogP contribution in [-0.2, 0) is 25.7 Å². The second-order valence-electron chi connectivity index (χ2n) is 4.42. The zero-order chi connectivity index (χ0) is 13.7. The van der Waals surface area contributed by atoms with Crippen LogP contribution in [0, 0.1) is 0 Å². The van der Waals surface area contributed by atoms with Crippen molar-refractivity contribution in [1.82, 2.24) is 4.90 Å². The minimum atomic E-state index is -0.679. The Morgan fingerprint density at radius 2 is 2.11 bits per heavy atom. The van der Waals surface area contributed by atoms with Gasteiger partial charge in [-0.25, -0.2) is 4.79 Å². The van der Waals surface area contributed by atoms with Crippen molar-refractivity contribution in [3.63, 3.8) is 0 Å². The third-order valence-electron chi connectivity index (χ3n) is 3.00. The fourth-order valence-corrected chi connectivity index (χ4v) is 1.90. The van der Waals surface area contributed by atoms with Crippen LogP contribution >= 0.6 is 0 Å². The van der Waals surface area contributed by atoms with E-state index in [2.05, 4.69) is 0 Å². The lowest BCUT2D eigenvalue weighted by Gasteiger charge is -2.30. The first-order valence-electron chi connectivity index (χ1n) is 6.24. The summed E-state index contributed by atoms with van der Waals surface area (Å²) < 4.78 is 10.5. The Kier molecular flexibility index (Phi) is 4.52. The minimum absolute atomic E-state index is 0.0517. The van der Waals surface area contributed by atoms with E-state index in [1.54, 1.807) is 4.90 Å². The van der Waals surface area contributed by atoms with E-state index in [1.807, 2.05) is 30.3 Å². The van der Waals surface area contributed by atoms with E-state index in [1.165, 1.54) is 6.92 Å². The van der Waals surface area contributed by atoms with Gasteiger partial charge in [-0.1, -0.05) is 30.3 Å². The monoisotopic (exact) mass is 263 g/mol. The van der Waals surface area contributed by atoms with Gasteiger partial charge >= 0.3 is 5.97 Å². The van der Waals surface area contributed by atoms with Crippen molar-refractivity contribution < 1.29 is 19.1 Å². The van der Waals surface area contributed by atoms with E-state index < -0.39 is 12.1 Å². The molecule has 0 aromatic heterocycles. The smallest absolute Gasteiger partial charge is 0.337 e. The third kappa shape index (κ3) is 3.79. The number of amides is 1. The molecule has 102 valence electrons. The molecule has 0 saturated carbocycles. The predicted octanol–water partition coefficient (Wildman–Crippen LogP) is 0.977. The molecule has 5 heteroatoms. The van der Waals surface area contributed by atoms with Gasteiger partial charge in [-0.05, 0) is 5.56 Å². The molecule has 1 aromatic carbocycles. The van der Waals surface area contributed by atoms with Crippen LogP contribution in [0.2, 0.25) is 0 Å². The highest BCUT2D eigenvalue weighted by Crippen LogP contribution is 2.09. The molecule has 1 aliphatic heterocycles. The second kappa shape index (κ2) is 6.33. The number of rotatable bonds is 3. The van der Waals surface area contributed by atoms with Gasteiger partial charge in [-0.2, -0.15) is 0 Å². The molecule has 1 unspecified atom stereocenters. The van der Waals surface area contributed by atoms with Crippen LogP contribution in [-0.4, -0.2) is 42.6 Å². The Morgan fingerprint density at radius 3 is 2.79 bits per heavy atom. The fraction of sp³-hybridized carbons (Fsp3) is 0.429. The van der Waals surface area contributed by atoms with Crippen LogP contribution in [0.5, 0.6) is 0 Å². The summed E-state index contributed by atoms with van der Waals surface area (Å²) in [4.78, 5) is 24.7. The Bertz CT molecular complexity index is 446. The largest absolute Gasteiger partial charge is 0.459 e. The maximum Gasteiger partial charge on any atom is 0.337 e. The highest BCUT2D eigenvalue weighted by atomic mass is 16.6. The topological polar surface area (TPSA) is 55.8 Å². The Labute approximate surface area is 112 Å². The summed E-state index contributed by atoms with van der Waals surface area (Å²) in [6.07, 6.45) is -0.679. The summed E-state index contributed by atoms with van der Waals surface area (Å²) in [5.41, 5.74) is 0.926. The molecule has 1 aliphatic rings. The van der Waals surface area contributed by atoms with Gasteiger partial charge in [-0.3, -0.25) is 4.79 Å². The van der Waals surface area contributed by atoms with Crippen molar-refractivity contribution in [2.75, 3.05) is 19.7 Å². The number of benzene rings is 1. The van der Waals surface area contributed by atoms with Gasteiger partial charge in [0.05, 0.1) is 13.2 Å². The number of nitrogens with zero attached hydrogens (tertiary/aromatic N) is 1. The van der Waals surface area contributed by atoms with E-state index >= 15 is 0 Å². The molecule has 1 saturated heterocycles.